The molecular weight excluding hydrogens is 618 g/mol. The zero-order valence-corrected chi connectivity index (χ0v) is 30.7. The zero-order chi connectivity index (χ0) is 36.0. The second-order valence-electron chi connectivity index (χ2n) is 16.1. The van der Waals surface area contributed by atoms with Crippen LogP contribution in [0.5, 0.6) is 0 Å². The lowest BCUT2D eigenvalue weighted by Crippen LogP contribution is -2.61. The first kappa shape index (κ1) is 40.0. The van der Waals surface area contributed by atoms with Crippen LogP contribution in [-0.4, -0.2) is 65.1 Å². The molecule has 4 aliphatic rings. The number of benzene rings is 1. The Balaban J connectivity index is 0.000000294. The Morgan fingerprint density at radius 1 is 0.939 bits per heavy atom. The fraction of sp³-hybridized carbons (Fsp3) is 0.718. The highest BCUT2D eigenvalue weighted by atomic mass is 16.2. The van der Waals surface area contributed by atoms with Crippen molar-refractivity contribution in [3.05, 3.63) is 35.9 Å². The van der Waals surface area contributed by atoms with E-state index in [0.29, 0.717) is 24.7 Å². The van der Waals surface area contributed by atoms with E-state index in [1.165, 1.54) is 44.1 Å². The maximum Gasteiger partial charge on any atom is 0.315 e. The fourth-order valence-electron chi connectivity index (χ4n) is 7.47. The first-order valence-electron chi connectivity index (χ1n) is 18.7. The van der Waals surface area contributed by atoms with Crippen molar-refractivity contribution in [2.45, 2.75) is 155 Å². The van der Waals surface area contributed by atoms with Gasteiger partial charge in [0.1, 0.15) is 6.04 Å². The number of hydrogen-bond donors (Lipinski definition) is 4. The van der Waals surface area contributed by atoms with Crippen molar-refractivity contribution in [1.29, 1.82) is 0 Å². The molecule has 1 aromatic carbocycles. The van der Waals surface area contributed by atoms with E-state index < -0.39 is 23.8 Å². The first-order valence-corrected chi connectivity index (χ1v) is 18.7. The van der Waals surface area contributed by atoms with Crippen LogP contribution in [0.4, 0.5) is 4.79 Å². The van der Waals surface area contributed by atoms with Crippen molar-refractivity contribution in [2.24, 2.45) is 23.0 Å². The second kappa shape index (κ2) is 19.1. The van der Waals surface area contributed by atoms with Crippen molar-refractivity contribution in [3.8, 4) is 0 Å². The molecule has 0 radical (unpaired) electrons. The number of hydrogen-bond acceptors (Lipinski definition) is 5. The fourth-order valence-corrected chi connectivity index (χ4v) is 7.47. The van der Waals surface area contributed by atoms with Crippen LogP contribution in [0, 0.1) is 17.3 Å². The predicted octanol–water partition coefficient (Wildman–Crippen LogP) is 5.81. The molecule has 1 aromatic rings. The van der Waals surface area contributed by atoms with Crippen molar-refractivity contribution < 1.29 is 24.0 Å². The van der Waals surface area contributed by atoms with Crippen molar-refractivity contribution in [1.82, 2.24) is 20.9 Å². The Hall–Kier alpha value is -3.43. The highest BCUT2D eigenvalue weighted by Crippen LogP contribution is 2.34. The summed E-state index contributed by atoms with van der Waals surface area (Å²) in [5.74, 6) is -0.690. The number of nitrogens with zero attached hydrogens (tertiary/aromatic N) is 1. The molecule has 3 aliphatic carbocycles. The van der Waals surface area contributed by atoms with Gasteiger partial charge in [0.2, 0.25) is 18.1 Å². The number of Topliss-reactive ketones (excluding diaryl/α,β-unsaturated/α-hetero) is 1. The third-order valence-electron chi connectivity index (χ3n) is 10.4. The summed E-state index contributed by atoms with van der Waals surface area (Å²) in [4.78, 5) is 60.4. The van der Waals surface area contributed by atoms with E-state index in [-0.39, 0.29) is 28.9 Å². The number of rotatable bonds is 11. The van der Waals surface area contributed by atoms with E-state index >= 15 is 0 Å². The molecule has 5 amide bonds. The van der Waals surface area contributed by atoms with Crippen molar-refractivity contribution in [2.75, 3.05) is 6.54 Å². The van der Waals surface area contributed by atoms with Crippen LogP contribution < -0.4 is 21.7 Å². The third-order valence-corrected chi connectivity index (χ3v) is 10.4. The summed E-state index contributed by atoms with van der Waals surface area (Å²) in [5, 5.41) is 8.72. The summed E-state index contributed by atoms with van der Waals surface area (Å²) in [6.07, 6.45) is 17.8. The van der Waals surface area contributed by atoms with E-state index in [0.717, 1.165) is 57.9 Å². The van der Waals surface area contributed by atoms with Gasteiger partial charge in [-0.3, -0.25) is 19.2 Å². The normalized spacial score (nSPS) is 22.6. The van der Waals surface area contributed by atoms with Crippen LogP contribution in [0.1, 0.15) is 130 Å². The van der Waals surface area contributed by atoms with Gasteiger partial charge in [-0.2, -0.15) is 0 Å². The smallest absolute Gasteiger partial charge is 0.315 e. The second-order valence-corrected chi connectivity index (χ2v) is 16.1. The molecule has 4 fully saturated rings. The molecule has 1 aliphatic heterocycles. The number of amides is 5. The molecule has 49 heavy (non-hydrogen) atoms. The van der Waals surface area contributed by atoms with Crippen LogP contribution in [0.25, 0.3) is 0 Å². The van der Waals surface area contributed by atoms with Gasteiger partial charge < -0.3 is 26.6 Å². The van der Waals surface area contributed by atoms with Gasteiger partial charge in [-0.1, -0.05) is 122 Å². The highest BCUT2D eigenvalue weighted by Gasteiger charge is 2.41. The van der Waals surface area contributed by atoms with Crippen LogP contribution >= 0.6 is 0 Å². The van der Waals surface area contributed by atoms with Crippen LogP contribution in [0.3, 0.4) is 0 Å². The summed E-state index contributed by atoms with van der Waals surface area (Å²) in [7, 11) is 0. The lowest BCUT2D eigenvalue weighted by Gasteiger charge is -2.40. The molecule has 4 atom stereocenters. The Morgan fingerprint density at radius 2 is 1.51 bits per heavy atom. The topological polar surface area (TPSA) is 151 Å². The minimum Gasteiger partial charge on any atom is -0.363 e. The lowest BCUT2D eigenvalue weighted by atomic mass is 9.77. The molecule has 1 saturated heterocycles. The predicted molar refractivity (Wildman–Crippen MR) is 193 cm³/mol. The van der Waals surface area contributed by atoms with Gasteiger partial charge >= 0.3 is 6.03 Å². The number of carbonyl (C=O) groups excluding carboxylic acids is 5. The van der Waals surface area contributed by atoms with E-state index in [1.807, 2.05) is 31.7 Å². The Labute approximate surface area is 294 Å². The van der Waals surface area contributed by atoms with Gasteiger partial charge in [0.25, 0.3) is 5.91 Å². The number of urea groups is 1. The summed E-state index contributed by atoms with van der Waals surface area (Å²) < 4.78 is 0. The molecule has 1 heterocycles. The van der Waals surface area contributed by atoms with Crippen LogP contribution in [-0.2, 0) is 25.6 Å². The average Bonchev–Trinajstić information content (AvgIpc) is 3.49. The molecule has 0 spiro atoms. The molecule has 4 unspecified atom stereocenters. The van der Waals surface area contributed by atoms with Gasteiger partial charge in [-0.25, -0.2) is 4.79 Å². The molecule has 0 bridgehead atoms. The molecule has 3 saturated carbocycles. The minimum absolute atomic E-state index is 0.0419. The third kappa shape index (κ3) is 13.4. The monoisotopic (exact) mass is 681 g/mol. The zero-order valence-electron chi connectivity index (χ0n) is 30.7. The quantitative estimate of drug-likeness (QED) is 0.172. The SMILES string of the molecule is C1CCCC1.CC1CC(C)N(C(=O)C(NC(=O)NC2(Cc3ccccc3)CCCCC2)C(C)(C)C)C1.NC(=O)C(=O)C(CC1CC1)NC=O. The molecule has 10 heteroatoms. The van der Waals surface area contributed by atoms with E-state index in [9.17, 15) is 24.0 Å². The summed E-state index contributed by atoms with van der Waals surface area (Å²) in [5.41, 5.74) is 5.46. The van der Waals surface area contributed by atoms with E-state index in [4.69, 9.17) is 5.73 Å². The van der Waals surface area contributed by atoms with Crippen molar-refractivity contribution in [3.63, 3.8) is 0 Å². The van der Waals surface area contributed by atoms with Crippen molar-refractivity contribution >= 4 is 30.0 Å². The maximum absolute atomic E-state index is 13.4. The molecule has 10 nitrogen and oxygen atoms in total. The van der Waals surface area contributed by atoms with Gasteiger partial charge in [0.05, 0.1) is 6.04 Å². The van der Waals surface area contributed by atoms with Crippen LogP contribution in [0.2, 0.25) is 0 Å². The standard InChI is InChI=1S/C26H41N3O2.C8H12N2O3.C5H10/c1-19-16-20(2)29(18-19)23(30)22(25(3,4)5)27-24(31)28-26(14-10-7-11-15-26)17-21-12-8-6-9-13-21;9-8(13)7(12)6(10-4-11)3-5-1-2-5;1-2-4-5-3-1/h6,8-9,12-13,19-20,22H,7,10-11,14-18H2,1-5H3,(H2,27,28,31);4-6H,1-3H2,(H2,9,13)(H,10,11);1-5H2. The van der Waals surface area contributed by atoms with Gasteiger partial charge in [0, 0.05) is 18.1 Å². The number of ketones is 1. The lowest BCUT2D eigenvalue weighted by molar-refractivity contribution is -0.137. The summed E-state index contributed by atoms with van der Waals surface area (Å²) in [6.45, 7) is 11.2. The number of nitrogens with two attached hydrogens (primary N) is 1. The molecule has 5 N–H and O–H groups in total. The van der Waals surface area contributed by atoms with E-state index in [1.54, 1.807) is 0 Å². The molecule has 274 valence electrons. The molecule has 0 aromatic heterocycles. The van der Waals surface area contributed by atoms with Crippen LogP contribution in [0.15, 0.2) is 30.3 Å². The van der Waals surface area contributed by atoms with E-state index in [2.05, 4.69) is 54.1 Å². The first-order chi connectivity index (χ1) is 23.2. The molecular formula is C39H63N5O5. The highest BCUT2D eigenvalue weighted by molar-refractivity contribution is 6.37. The number of carbonyl (C=O) groups is 5. The summed E-state index contributed by atoms with van der Waals surface area (Å²) >= 11 is 0. The largest absolute Gasteiger partial charge is 0.363 e. The number of nitrogens with one attached hydrogen (secondary N) is 3. The average molecular weight is 682 g/mol. The molecule has 5 rings (SSSR count). The number of primary amides is 1. The Morgan fingerprint density at radius 3 is 1.98 bits per heavy atom. The Bertz CT molecular complexity index is 1210. The Kier molecular flexibility index (Phi) is 15.6. The summed E-state index contributed by atoms with van der Waals surface area (Å²) in [6, 6.07) is 9.14. The minimum atomic E-state index is -0.986. The maximum atomic E-state index is 13.4. The van der Waals surface area contributed by atoms with Gasteiger partial charge in [0.15, 0.2) is 0 Å². The van der Waals surface area contributed by atoms with Gasteiger partial charge in [-0.05, 0) is 61.8 Å². The van der Waals surface area contributed by atoms with Gasteiger partial charge in [-0.15, -0.1) is 0 Å². The number of likely N-dealkylation sites (tertiary alicyclic amines) is 1.